The molecule has 28 heavy (non-hydrogen) atoms. The highest BCUT2D eigenvalue weighted by molar-refractivity contribution is 5.81. The van der Waals surface area contributed by atoms with Crippen LogP contribution in [0.2, 0.25) is 0 Å². The molecular weight excluding hydrogens is 352 g/mol. The molecule has 3 heterocycles. The maximum absolute atomic E-state index is 12.5. The van der Waals surface area contributed by atoms with Gasteiger partial charge in [-0.3, -0.25) is 9.69 Å². The fourth-order valence-electron chi connectivity index (χ4n) is 5.09. The maximum atomic E-state index is 12.5. The van der Waals surface area contributed by atoms with E-state index in [0.717, 1.165) is 64.3 Å². The SMILES string of the molecule is Cc1nnc(C2CN(Cc3ccccc3)CC23CCN(C(=O)C2CC2)CC3)o1. The van der Waals surface area contributed by atoms with Gasteiger partial charge in [0.1, 0.15) is 0 Å². The van der Waals surface area contributed by atoms with E-state index < -0.39 is 0 Å². The van der Waals surface area contributed by atoms with Gasteiger partial charge in [-0.2, -0.15) is 0 Å². The lowest BCUT2D eigenvalue weighted by Gasteiger charge is -2.42. The Hall–Kier alpha value is -2.21. The van der Waals surface area contributed by atoms with Gasteiger partial charge in [0.05, 0.1) is 5.92 Å². The van der Waals surface area contributed by atoms with Crippen LogP contribution >= 0.6 is 0 Å². The van der Waals surface area contributed by atoms with Crippen LogP contribution in [0.4, 0.5) is 0 Å². The minimum absolute atomic E-state index is 0.119. The highest BCUT2D eigenvalue weighted by atomic mass is 16.4. The molecule has 1 unspecified atom stereocenters. The molecule has 5 rings (SSSR count). The average molecular weight is 380 g/mol. The topological polar surface area (TPSA) is 62.5 Å². The molecule has 2 aliphatic heterocycles. The summed E-state index contributed by atoms with van der Waals surface area (Å²) in [6.07, 6.45) is 4.19. The van der Waals surface area contributed by atoms with Crippen molar-refractivity contribution >= 4 is 5.91 Å². The fourth-order valence-corrected chi connectivity index (χ4v) is 5.09. The molecule has 6 nitrogen and oxygen atoms in total. The molecule has 3 fully saturated rings. The number of hydrogen-bond donors (Lipinski definition) is 0. The molecule has 1 atom stereocenters. The molecule has 1 saturated carbocycles. The summed E-state index contributed by atoms with van der Waals surface area (Å²) in [6, 6.07) is 10.6. The standard InChI is InChI=1S/C22H28N4O2/c1-16-23-24-20(28-16)19-14-25(13-17-5-3-2-4-6-17)15-22(19)9-11-26(12-10-22)21(27)18-7-8-18/h2-6,18-19H,7-15H2,1H3. The molecule has 2 aromatic rings. The molecule has 3 aliphatic rings. The summed E-state index contributed by atoms with van der Waals surface area (Å²) in [5.74, 6) is 2.33. The van der Waals surface area contributed by atoms with Crippen molar-refractivity contribution < 1.29 is 9.21 Å². The molecule has 0 radical (unpaired) electrons. The van der Waals surface area contributed by atoms with E-state index in [-0.39, 0.29) is 11.3 Å². The Bertz CT molecular complexity index is 837. The van der Waals surface area contributed by atoms with Gasteiger partial charge in [-0.05, 0) is 36.7 Å². The van der Waals surface area contributed by atoms with Gasteiger partial charge in [0, 0.05) is 45.6 Å². The Morgan fingerprint density at radius 1 is 1.18 bits per heavy atom. The van der Waals surface area contributed by atoms with Crippen LogP contribution in [0, 0.1) is 18.3 Å². The minimum atomic E-state index is 0.119. The lowest BCUT2D eigenvalue weighted by molar-refractivity contribution is -0.135. The van der Waals surface area contributed by atoms with Gasteiger partial charge in [-0.25, -0.2) is 0 Å². The van der Waals surface area contributed by atoms with Crippen molar-refractivity contribution in [3.63, 3.8) is 0 Å². The van der Waals surface area contributed by atoms with E-state index in [0.29, 0.717) is 17.7 Å². The van der Waals surface area contributed by atoms with Gasteiger partial charge < -0.3 is 9.32 Å². The lowest BCUT2D eigenvalue weighted by atomic mass is 9.70. The zero-order chi connectivity index (χ0) is 19.1. The third-order valence-corrected chi connectivity index (χ3v) is 6.80. The summed E-state index contributed by atoms with van der Waals surface area (Å²) in [7, 11) is 0. The van der Waals surface area contributed by atoms with E-state index in [2.05, 4.69) is 50.3 Å². The molecule has 0 N–H and O–H groups in total. The number of piperidine rings is 1. The Morgan fingerprint density at radius 3 is 2.57 bits per heavy atom. The summed E-state index contributed by atoms with van der Waals surface area (Å²) >= 11 is 0. The first-order valence-electron chi connectivity index (χ1n) is 10.5. The lowest BCUT2D eigenvalue weighted by Crippen LogP contribution is -2.46. The second-order valence-electron chi connectivity index (χ2n) is 8.83. The van der Waals surface area contributed by atoms with E-state index in [1.807, 2.05) is 6.92 Å². The first kappa shape index (κ1) is 17.9. The quantitative estimate of drug-likeness (QED) is 0.816. The number of hydrogen-bond acceptors (Lipinski definition) is 5. The predicted octanol–water partition coefficient (Wildman–Crippen LogP) is 3.00. The summed E-state index contributed by atoms with van der Waals surface area (Å²) in [5.41, 5.74) is 1.45. The van der Waals surface area contributed by atoms with Gasteiger partial charge in [-0.1, -0.05) is 30.3 Å². The third-order valence-electron chi connectivity index (χ3n) is 6.80. The Morgan fingerprint density at radius 2 is 1.93 bits per heavy atom. The number of amides is 1. The normalized spacial score (nSPS) is 24.8. The number of carbonyl (C=O) groups excluding carboxylic acids is 1. The van der Waals surface area contributed by atoms with E-state index >= 15 is 0 Å². The van der Waals surface area contributed by atoms with E-state index in [9.17, 15) is 4.79 Å². The maximum Gasteiger partial charge on any atom is 0.225 e. The Kier molecular flexibility index (Phi) is 4.46. The minimum Gasteiger partial charge on any atom is -0.425 e. The van der Waals surface area contributed by atoms with Crippen LogP contribution in [-0.4, -0.2) is 52.1 Å². The van der Waals surface area contributed by atoms with Crippen LogP contribution in [0.1, 0.15) is 48.9 Å². The number of aryl methyl sites for hydroxylation is 1. The number of carbonyl (C=O) groups is 1. The smallest absolute Gasteiger partial charge is 0.225 e. The van der Waals surface area contributed by atoms with Crippen molar-refractivity contribution in [1.29, 1.82) is 0 Å². The molecule has 1 amide bonds. The van der Waals surface area contributed by atoms with Crippen LogP contribution in [-0.2, 0) is 11.3 Å². The molecule has 2 saturated heterocycles. The van der Waals surface area contributed by atoms with Crippen LogP contribution in [0.15, 0.2) is 34.7 Å². The van der Waals surface area contributed by atoms with Crippen LogP contribution in [0.5, 0.6) is 0 Å². The highest BCUT2D eigenvalue weighted by Crippen LogP contribution is 2.50. The average Bonchev–Trinajstić information content (AvgIpc) is 3.39. The summed E-state index contributed by atoms with van der Waals surface area (Å²) in [6.45, 7) is 6.48. The molecule has 1 spiro atoms. The third kappa shape index (κ3) is 3.34. The summed E-state index contributed by atoms with van der Waals surface area (Å²) < 4.78 is 5.89. The second kappa shape index (κ2) is 6.99. The van der Waals surface area contributed by atoms with Gasteiger partial charge >= 0.3 is 0 Å². The van der Waals surface area contributed by atoms with Crippen LogP contribution in [0.3, 0.4) is 0 Å². The molecule has 6 heteroatoms. The van der Waals surface area contributed by atoms with E-state index in [1.54, 1.807) is 0 Å². The van der Waals surface area contributed by atoms with Gasteiger partial charge in [0.15, 0.2) is 0 Å². The number of likely N-dealkylation sites (tertiary alicyclic amines) is 2. The second-order valence-corrected chi connectivity index (χ2v) is 8.83. The van der Waals surface area contributed by atoms with Crippen molar-refractivity contribution in [2.75, 3.05) is 26.2 Å². The zero-order valence-electron chi connectivity index (χ0n) is 16.5. The van der Waals surface area contributed by atoms with Crippen molar-refractivity contribution in [2.24, 2.45) is 11.3 Å². The number of rotatable bonds is 4. The molecule has 1 aromatic carbocycles. The molecule has 0 bridgehead atoms. The Balaban J connectivity index is 1.35. The van der Waals surface area contributed by atoms with E-state index in [1.165, 1.54) is 5.56 Å². The number of benzene rings is 1. The molecular formula is C22H28N4O2. The van der Waals surface area contributed by atoms with Crippen LogP contribution < -0.4 is 0 Å². The fraction of sp³-hybridized carbons (Fsp3) is 0.591. The Labute approximate surface area is 165 Å². The molecule has 1 aromatic heterocycles. The van der Waals surface area contributed by atoms with Crippen molar-refractivity contribution in [3.05, 3.63) is 47.7 Å². The molecule has 1 aliphatic carbocycles. The first-order valence-corrected chi connectivity index (χ1v) is 10.5. The van der Waals surface area contributed by atoms with Crippen molar-refractivity contribution in [2.45, 2.75) is 45.1 Å². The predicted molar refractivity (Wildman–Crippen MR) is 104 cm³/mol. The first-order chi connectivity index (χ1) is 13.6. The monoisotopic (exact) mass is 380 g/mol. The van der Waals surface area contributed by atoms with Gasteiger partial charge in [0.25, 0.3) is 0 Å². The largest absolute Gasteiger partial charge is 0.425 e. The zero-order valence-corrected chi connectivity index (χ0v) is 16.5. The number of aromatic nitrogens is 2. The van der Waals surface area contributed by atoms with Crippen molar-refractivity contribution in [3.8, 4) is 0 Å². The van der Waals surface area contributed by atoms with Crippen molar-refractivity contribution in [1.82, 2.24) is 20.0 Å². The van der Waals surface area contributed by atoms with E-state index in [4.69, 9.17) is 4.42 Å². The number of nitrogens with zero attached hydrogens (tertiary/aromatic N) is 4. The molecule has 148 valence electrons. The van der Waals surface area contributed by atoms with Crippen LogP contribution in [0.25, 0.3) is 0 Å². The highest BCUT2D eigenvalue weighted by Gasteiger charge is 2.51. The summed E-state index contributed by atoms with van der Waals surface area (Å²) in [4.78, 5) is 17.1. The summed E-state index contributed by atoms with van der Waals surface area (Å²) in [5, 5.41) is 8.48. The van der Waals surface area contributed by atoms with Gasteiger partial charge in [0.2, 0.25) is 17.7 Å². The van der Waals surface area contributed by atoms with Gasteiger partial charge in [-0.15, -0.1) is 10.2 Å².